The highest BCUT2D eigenvalue weighted by atomic mass is 35.5. The van der Waals surface area contributed by atoms with Gasteiger partial charge in [-0.3, -0.25) is 9.10 Å². The maximum Gasteiger partial charge on any atom is 0.338 e. The van der Waals surface area contributed by atoms with Gasteiger partial charge in [-0.25, -0.2) is 18.6 Å². The minimum absolute atomic E-state index is 0.0391. The van der Waals surface area contributed by atoms with Gasteiger partial charge < -0.3 is 9.15 Å². The summed E-state index contributed by atoms with van der Waals surface area (Å²) in [6.45, 7) is 5.08. The van der Waals surface area contributed by atoms with Crippen LogP contribution in [0.25, 0.3) is 11.3 Å². The summed E-state index contributed by atoms with van der Waals surface area (Å²) in [4.78, 5) is 24.8. The first-order valence-corrected chi connectivity index (χ1v) is 14.4. The van der Waals surface area contributed by atoms with Crippen LogP contribution in [-0.4, -0.2) is 39.7 Å². The number of halogens is 1. The second-order valence-corrected chi connectivity index (χ2v) is 11.3. The molecule has 1 aromatic heterocycles. The van der Waals surface area contributed by atoms with Gasteiger partial charge in [0, 0.05) is 10.6 Å². The zero-order chi connectivity index (χ0) is 29.6. The summed E-state index contributed by atoms with van der Waals surface area (Å²) in [6.07, 6.45) is 1.30. The maximum atomic E-state index is 13.6. The molecule has 9 nitrogen and oxygen atoms in total. The van der Waals surface area contributed by atoms with Gasteiger partial charge in [0.2, 0.25) is 0 Å². The van der Waals surface area contributed by atoms with Crippen LogP contribution in [0.3, 0.4) is 0 Å². The van der Waals surface area contributed by atoms with Gasteiger partial charge in [0.05, 0.1) is 29.0 Å². The molecular formula is C30H28ClN3O6S. The first-order valence-electron chi connectivity index (χ1n) is 12.6. The highest BCUT2D eigenvalue weighted by Crippen LogP contribution is 2.29. The Morgan fingerprint density at radius 1 is 1.00 bits per heavy atom. The molecule has 4 rings (SSSR count). The Hall–Kier alpha value is -4.41. The molecule has 0 atom stereocenters. The molecule has 0 unspecified atom stereocenters. The maximum absolute atomic E-state index is 13.6. The minimum Gasteiger partial charge on any atom is -0.462 e. The molecule has 1 heterocycles. The van der Waals surface area contributed by atoms with Gasteiger partial charge in [0.1, 0.15) is 18.1 Å². The third-order valence-corrected chi connectivity index (χ3v) is 8.03. The van der Waals surface area contributed by atoms with Crippen LogP contribution in [0, 0.1) is 13.8 Å². The standard InChI is InChI=1S/C30H28ClN3O6S/c1-4-39-30(36)23-10-8-22(9-11-23)28-16-13-25(40-28)18-32-33-29(35)19-34(27-17-24(31)12-7-21(27)3)41(37,38)26-14-5-20(2)6-15-26/h5-18H,4,19H2,1-3H3,(H,33,35)/b32-18-. The lowest BCUT2D eigenvalue weighted by atomic mass is 10.1. The molecule has 0 aliphatic carbocycles. The molecule has 4 aromatic rings. The monoisotopic (exact) mass is 593 g/mol. The second kappa shape index (κ2) is 12.8. The molecule has 11 heteroatoms. The molecule has 0 bridgehead atoms. The Labute approximate surface area is 243 Å². The van der Waals surface area contributed by atoms with E-state index in [-0.39, 0.29) is 10.6 Å². The van der Waals surface area contributed by atoms with Crippen molar-refractivity contribution in [2.75, 3.05) is 17.5 Å². The van der Waals surface area contributed by atoms with Crippen LogP contribution in [0.1, 0.15) is 34.2 Å². The van der Waals surface area contributed by atoms with E-state index in [1.165, 1.54) is 24.4 Å². The van der Waals surface area contributed by atoms with E-state index in [0.29, 0.717) is 34.3 Å². The Bertz CT molecular complexity index is 1680. The van der Waals surface area contributed by atoms with Crippen molar-refractivity contribution in [3.05, 3.63) is 106 Å². The highest BCUT2D eigenvalue weighted by molar-refractivity contribution is 7.92. The zero-order valence-electron chi connectivity index (χ0n) is 22.6. The number of carbonyl (C=O) groups excluding carboxylic acids is 2. The Morgan fingerprint density at radius 2 is 1.71 bits per heavy atom. The molecule has 0 aliphatic rings. The number of esters is 1. The van der Waals surface area contributed by atoms with Gasteiger partial charge in [-0.2, -0.15) is 5.10 Å². The minimum atomic E-state index is -4.11. The molecule has 0 fully saturated rings. The first kappa shape index (κ1) is 29.6. The summed E-state index contributed by atoms with van der Waals surface area (Å²) < 4.78 is 38.9. The normalized spacial score (nSPS) is 11.4. The SMILES string of the molecule is CCOC(=O)c1ccc(-c2ccc(/C=N\NC(=O)CN(c3cc(Cl)ccc3C)S(=O)(=O)c3ccc(C)cc3)o2)cc1. The van der Waals surface area contributed by atoms with Crippen LogP contribution in [-0.2, 0) is 19.6 Å². The van der Waals surface area contributed by atoms with Crippen LogP contribution in [0.15, 0.2) is 93.3 Å². The van der Waals surface area contributed by atoms with E-state index < -0.39 is 28.4 Å². The van der Waals surface area contributed by atoms with Crippen LogP contribution in [0.2, 0.25) is 5.02 Å². The van der Waals surface area contributed by atoms with Crippen molar-refractivity contribution in [2.24, 2.45) is 5.10 Å². The van der Waals surface area contributed by atoms with Gasteiger partial charge in [-0.15, -0.1) is 0 Å². The number of carbonyl (C=O) groups is 2. The fourth-order valence-electron chi connectivity index (χ4n) is 3.88. The summed E-state index contributed by atoms with van der Waals surface area (Å²) in [5.41, 5.74) is 5.32. The van der Waals surface area contributed by atoms with Gasteiger partial charge in [-0.05, 0) is 74.9 Å². The molecule has 41 heavy (non-hydrogen) atoms. The van der Waals surface area contributed by atoms with Crippen LogP contribution in [0.5, 0.6) is 0 Å². The summed E-state index contributed by atoms with van der Waals surface area (Å²) in [5.74, 6) is -0.194. The fraction of sp³-hybridized carbons (Fsp3) is 0.167. The van der Waals surface area contributed by atoms with E-state index in [9.17, 15) is 18.0 Å². The molecule has 0 saturated heterocycles. The number of nitrogens with one attached hydrogen (secondary N) is 1. The zero-order valence-corrected chi connectivity index (χ0v) is 24.2. The van der Waals surface area contributed by atoms with Crippen LogP contribution < -0.4 is 9.73 Å². The lowest BCUT2D eigenvalue weighted by molar-refractivity contribution is -0.119. The molecule has 212 valence electrons. The Morgan fingerprint density at radius 3 is 2.39 bits per heavy atom. The number of nitrogens with zero attached hydrogens (tertiary/aromatic N) is 2. The molecule has 1 amide bonds. The molecule has 0 aliphatic heterocycles. The van der Waals surface area contributed by atoms with Crippen molar-refractivity contribution in [1.29, 1.82) is 0 Å². The van der Waals surface area contributed by atoms with Crippen molar-refractivity contribution < 1.29 is 27.2 Å². The van der Waals surface area contributed by atoms with Crippen LogP contribution >= 0.6 is 11.6 Å². The Kier molecular flexibility index (Phi) is 9.26. The van der Waals surface area contributed by atoms with E-state index in [2.05, 4.69) is 10.5 Å². The van der Waals surface area contributed by atoms with E-state index in [4.69, 9.17) is 20.8 Å². The van der Waals surface area contributed by atoms with Gasteiger partial charge in [0.25, 0.3) is 15.9 Å². The third-order valence-electron chi connectivity index (χ3n) is 6.02. The number of aryl methyl sites for hydroxylation is 2. The largest absolute Gasteiger partial charge is 0.462 e. The van der Waals surface area contributed by atoms with Gasteiger partial charge in [0.15, 0.2) is 0 Å². The van der Waals surface area contributed by atoms with Crippen molar-refractivity contribution in [1.82, 2.24) is 5.43 Å². The summed E-state index contributed by atoms with van der Waals surface area (Å²) in [7, 11) is -4.11. The number of anilines is 1. The quantitative estimate of drug-likeness (QED) is 0.142. The van der Waals surface area contributed by atoms with Gasteiger partial charge >= 0.3 is 5.97 Å². The van der Waals surface area contributed by atoms with E-state index in [1.54, 1.807) is 74.5 Å². The Balaban J connectivity index is 1.48. The smallest absolute Gasteiger partial charge is 0.338 e. The van der Waals surface area contributed by atoms with E-state index in [1.807, 2.05) is 6.92 Å². The highest BCUT2D eigenvalue weighted by Gasteiger charge is 2.28. The lowest BCUT2D eigenvalue weighted by Gasteiger charge is -2.25. The number of hydrogen-bond acceptors (Lipinski definition) is 7. The topological polar surface area (TPSA) is 118 Å². The fourth-order valence-corrected chi connectivity index (χ4v) is 5.53. The van der Waals surface area contributed by atoms with Crippen molar-refractivity contribution in [3.8, 4) is 11.3 Å². The first-order chi connectivity index (χ1) is 19.6. The van der Waals surface area contributed by atoms with Crippen molar-refractivity contribution >= 4 is 45.4 Å². The van der Waals surface area contributed by atoms with Crippen LogP contribution in [0.4, 0.5) is 5.69 Å². The average Bonchev–Trinajstić information content (AvgIpc) is 3.42. The number of amides is 1. The lowest BCUT2D eigenvalue weighted by Crippen LogP contribution is -2.40. The molecular weight excluding hydrogens is 566 g/mol. The summed E-state index contributed by atoms with van der Waals surface area (Å²) in [6, 6.07) is 21.3. The van der Waals surface area contributed by atoms with E-state index in [0.717, 1.165) is 15.4 Å². The number of furan rings is 1. The number of hydrazone groups is 1. The predicted molar refractivity (Wildman–Crippen MR) is 158 cm³/mol. The number of sulfonamides is 1. The molecule has 3 aromatic carbocycles. The second-order valence-electron chi connectivity index (χ2n) is 9.05. The summed E-state index contributed by atoms with van der Waals surface area (Å²) >= 11 is 6.17. The van der Waals surface area contributed by atoms with Crippen molar-refractivity contribution in [2.45, 2.75) is 25.7 Å². The molecule has 0 saturated carbocycles. The van der Waals surface area contributed by atoms with Gasteiger partial charge in [-0.1, -0.05) is 47.5 Å². The number of ether oxygens (including phenoxy) is 1. The third kappa shape index (κ3) is 7.22. The predicted octanol–water partition coefficient (Wildman–Crippen LogP) is 5.74. The molecule has 0 spiro atoms. The van der Waals surface area contributed by atoms with Crippen molar-refractivity contribution in [3.63, 3.8) is 0 Å². The number of hydrogen-bond donors (Lipinski definition) is 1. The number of rotatable bonds is 10. The average molecular weight is 594 g/mol. The van der Waals surface area contributed by atoms with E-state index >= 15 is 0 Å². The number of benzene rings is 3. The molecule has 0 radical (unpaired) electrons. The summed E-state index contributed by atoms with van der Waals surface area (Å²) in [5, 5.41) is 4.26. The molecule has 1 N–H and O–H groups in total.